The number of hydrogen-bond acceptors (Lipinski definition) is 5. The topological polar surface area (TPSA) is 50.8 Å². The zero-order chi connectivity index (χ0) is 14.5. The fourth-order valence-corrected chi connectivity index (χ4v) is 2.44. The van der Waals surface area contributed by atoms with Crippen molar-refractivity contribution in [3.05, 3.63) is 0 Å². The predicted molar refractivity (Wildman–Crippen MR) is 75.2 cm³/mol. The van der Waals surface area contributed by atoms with Crippen molar-refractivity contribution in [3.63, 3.8) is 0 Å². The largest absolute Gasteiger partial charge is 0.465 e. The van der Waals surface area contributed by atoms with E-state index in [-0.39, 0.29) is 11.5 Å². The molecule has 1 N–H and O–H groups in total. The summed E-state index contributed by atoms with van der Waals surface area (Å²) in [5.74, 6) is -0.181. The second-order valence-electron chi connectivity index (χ2n) is 5.87. The third-order valence-corrected chi connectivity index (χ3v) is 3.62. The Morgan fingerprint density at radius 1 is 1.47 bits per heavy atom. The molecule has 1 aliphatic rings. The molecule has 5 nitrogen and oxygen atoms in total. The van der Waals surface area contributed by atoms with E-state index in [1.807, 2.05) is 20.8 Å². The van der Waals surface area contributed by atoms with Gasteiger partial charge < -0.3 is 14.8 Å². The molecule has 1 unspecified atom stereocenters. The molecular weight excluding hydrogens is 244 g/mol. The van der Waals surface area contributed by atoms with Crippen molar-refractivity contribution in [3.8, 4) is 0 Å². The molecule has 0 spiro atoms. The first-order valence-electron chi connectivity index (χ1n) is 7.11. The third-order valence-electron chi connectivity index (χ3n) is 3.62. The Labute approximate surface area is 116 Å². The maximum Gasteiger partial charge on any atom is 0.327 e. The number of ether oxygens (including phenoxy) is 2. The summed E-state index contributed by atoms with van der Waals surface area (Å²) in [5.41, 5.74) is -0.721. The van der Waals surface area contributed by atoms with Gasteiger partial charge in [0.05, 0.1) is 19.8 Å². The molecule has 0 amide bonds. The highest BCUT2D eigenvalue weighted by molar-refractivity contribution is 5.80. The molecule has 0 aromatic heterocycles. The molecule has 0 aliphatic carbocycles. The average molecular weight is 272 g/mol. The Morgan fingerprint density at radius 2 is 2.16 bits per heavy atom. The highest BCUT2D eigenvalue weighted by atomic mass is 16.5. The molecule has 1 saturated heterocycles. The summed E-state index contributed by atoms with van der Waals surface area (Å²) in [5, 5.41) is 3.27. The second-order valence-corrected chi connectivity index (χ2v) is 5.87. The van der Waals surface area contributed by atoms with Crippen molar-refractivity contribution < 1.29 is 14.3 Å². The van der Waals surface area contributed by atoms with Gasteiger partial charge in [-0.15, -0.1) is 0 Å². The predicted octanol–water partition coefficient (Wildman–Crippen LogP) is 1.03. The first kappa shape index (κ1) is 16.4. The minimum absolute atomic E-state index is 0.0541. The molecule has 0 aromatic rings. The van der Waals surface area contributed by atoms with Crippen LogP contribution in [0.3, 0.4) is 0 Å². The minimum atomic E-state index is -0.667. The van der Waals surface area contributed by atoms with Crippen molar-refractivity contribution in [1.29, 1.82) is 0 Å². The second kappa shape index (κ2) is 6.68. The van der Waals surface area contributed by atoms with Crippen molar-refractivity contribution in [1.82, 2.24) is 10.2 Å². The number of carbonyl (C=O) groups is 1. The van der Waals surface area contributed by atoms with E-state index in [1.165, 1.54) is 0 Å². The van der Waals surface area contributed by atoms with Crippen molar-refractivity contribution in [2.45, 2.75) is 45.7 Å². The summed E-state index contributed by atoms with van der Waals surface area (Å²) in [7, 11) is 0. The van der Waals surface area contributed by atoms with Gasteiger partial charge in [-0.25, -0.2) is 0 Å². The van der Waals surface area contributed by atoms with Gasteiger partial charge in [0.1, 0.15) is 5.54 Å². The molecule has 19 heavy (non-hydrogen) atoms. The van der Waals surface area contributed by atoms with E-state index < -0.39 is 5.54 Å². The summed E-state index contributed by atoms with van der Waals surface area (Å²) in [4.78, 5) is 14.5. The Kier molecular flexibility index (Phi) is 5.77. The first-order valence-corrected chi connectivity index (χ1v) is 7.11. The van der Waals surface area contributed by atoms with E-state index in [9.17, 15) is 4.79 Å². The normalized spacial score (nSPS) is 22.8. The summed E-state index contributed by atoms with van der Waals surface area (Å²) in [6, 6.07) is 0. The van der Waals surface area contributed by atoms with Crippen LogP contribution in [-0.2, 0) is 14.3 Å². The lowest BCUT2D eigenvalue weighted by molar-refractivity contribution is -0.153. The maximum atomic E-state index is 12.2. The number of nitrogens with one attached hydrogen (secondary N) is 1. The van der Waals surface area contributed by atoms with Gasteiger partial charge in [-0.1, -0.05) is 6.92 Å². The summed E-state index contributed by atoms with van der Waals surface area (Å²) >= 11 is 0. The van der Waals surface area contributed by atoms with E-state index in [2.05, 4.69) is 24.1 Å². The van der Waals surface area contributed by atoms with Gasteiger partial charge in [0.15, 0.2) is 0 Å². The molecular formula is C14H28N2O3. The lowest BCUT2D eigenvalue weighted by Gasteiger charge is -2.45. The first-order chi connectivity index (χ1) is 8.85. The molecule has 1 atom stereocenters. The number of morpholine rings is 1. The van der Waals surface area contributed by atoms with E-state index in [4.69, 9.17) is 9.47 Å². The average Bonchev–Trinajstić information content (AvgIpc) is 2.32. The standard InChI is InChI=1S/C14H28N2O3/c1-6-15-14(5,12(17)19-7-2)10-16-8-9-18-11-13(16,3)4/h15H,6-11H2,1-5H3. The Balaban J connectivity index is 2.79. The van der Waals surface area contributed by atoms with Crippen LogP contribution in [0, 0.1) is 0 Å². The fourth-order valence-electron chi connectivity index (χ4n) is 2.44. The lowest BCUT2D eigenvalue weighted by Crippen LogP contribution is -2.63. The van der Waals surface area contributed by atoms with E-state index in [0.29, 0.717) is 26.4 Å². The molecule has 1 heterocycles. The molecule has 0 bridgehead atoms. The van der Waals surface area contributed by atoms with Gasteiger partial charge in [-0.05, 0) is 34.2 Å². The van der Waals surface area contributed by atoms with Crippen LogP contribution >= 0.6 is 0 Å². The van der Waals surface area contributed by atoms with Crippen LogP contribution in [0.4, 0.5) is 0 Å². The van der Waals surface area contributed by atoms with Crippen LogP contribution < -0.4 is 5.32 Å². The third kappa shape index (κ3) is 4.16. The molecule has 112 valence electrons. The number of esters is 1. The van der Waals surface area contributed by atoms with Crippen LogP contribution in [0.15, 0.2) is 0 Å². The highest BCUT2D eigenvalue weighted by Crippen LogP contribution is 2.22. The van der Waals surface area contributed by atoms with Gasteiger partial charge in [0.2, 0.25) is 0 Å². The summed E-state index contributed by atoms with van der Waals surface area (Å²) in [6.45, 7) is 14.1. The number of likely N-dealkylation sites (N-methyl/N-ethyl adjacent to an activating group) is 1. The zero-order valence-electron chi connectivity index (χ0n) is 12.9. The maximum absolute atomic E-state index is 12.2. The van der Waals surface area contributed by atoms with Crippen molar-refractivity contribution in [2.24, 2.45) is 0 Å². The molecule has 1 fully saturated rings. The highest BCUT2D eigenvalue weighted by Gasteiger charge is 2.40. The zero-order valence-corrected chi connectivity index (χ0v) is 12.9. The van der Waals surface area contributed by atoms with Crippen LogP contribution in [0.5, 0.6) is 0 Å². The summed E-state index contributed by atoms with van der Waals surface area (Å²) in [6.07, 6.45) is 0. The quantitative estimate of drug-likeness (QED) is 0.732. The van der Waals surface area contributed by atoms with Crippen molar-refractivity contribution >= 4 is 5.97 Å². The number of rotatable bonds is 6. The Bertz CT molecular complexity index is 307. The Morgan fingerprint density at radius 3 is 2.68 bits per heavy atom. The molecule has 1 rings (SSSR count). The van der Waals surface area contributed by atoms with Gasteiger partial charge in [0, 0.05) is 18.6 Å². The molecule has 0 saturated carbocycles. The van der Waals surface area contributed by atoms with Crippen LogP contribution in [-0.4, -0.2) is 61.4 Å². The van der Waals surface area contributed by atoms with Crippen LogP contribution in [0.2, 0.25) is 0 Å². The summed E-state index contributed by atoms with van der Waals surface area (Å²) < 4.78 is 10.7. The fraction of sp³-hybridized carbons (Fsp3) is 0.929. The number of carbonyl (C=O) groups excluding carboxylic acids is 1. The minimum Gasteiger partial charge on any atom is -0.465 e. The monoisotopic (exact) mass is 272 g/mol. The van der Waals surface area contributed by atoms with E-state index in [0.717, 1.165) is 13.1 Å². The Hall–Kier alpha value is -0.650. The van der Waals surface area contributed by atoms with Gasteiger partial charge >= 0.3 is 5.97 Å². The molecule has 1 aliphatic heterocycles. The lowest BCUT2D eigenvalue weighted by atomic mass is 9.95. The van der Waals surface area contributed by atoms with Crippen LogP contribution in [0.1, 0.15) is 34.6 Å². The SMILES string of the molecule is CCNC(C)(CN1CCOCC1(C)C)C(=O)OCC. The van der Waals surface area contributed by atoms with Crippen molar-refractivity contribution in [2.75, 3.05) is 39.5 Å². The van der Waals surface area contributed by atoms with E-state index in [1.54, 1.807) is 0 Å². The smallest absolute Gasteiger partial charge is 0.327 e. The van der Waals surface area contributed by atoms with E-state index >= 15 is 0 Å². The molecule has 5 heteroatoms. The van der Waals surface area contributed by atoms with Gasteiger partial charge in [0.25, 0.3) is 0 Å². The molecule has 0 radical (unpaired) electrons. The van der Waals surface area contributed by atoms with Crippen LogP contribution in [0.25, 0.3) is 0 Å². The number of nitrogens with zero attached hydrogens (tertiary/aromatic N) is 1. The van der Waals surface area contributed by atoms with Gasteiger partial charge in [-0.2, -0.15) is 0 Å². The van der Waals surface area contributed by atoms with Gasteiger partial charge in [-0.3, -0.25) is 9.69 Å². The molecule has 0 aromatic carbocycles. The number of hydrogen-bond donors (Lipinski definition) is 1.